The molecule has 1 aliphatic rings. The summed E-state index contributed by atoms with van der Waals surface area (Å²) in [6.45, 7) is 4.56. The van der Waals surface area contributed by atoms with E-state index in [4.69, 9.17) is 12.2 Å². The number of nitrogens with zero attached hydrogens (tertiary/aromatic N) is 1. The van der Waals surface area contributed by atoms with Gasteiger partial charge in [-0.2, -0.15) is 0 Å². The summed E-state index contributed by atoms with van der Waals surface area (Å²) in [6.07, 6.45) is 2.63. The lowest BCUT2D eigenvalue weighted by molar-refractivity contribution is -0.127. The molecule has 0 radical (unpaired) electrons. The highest BCUT2D eigenvalue weighted by atomic mass is 32.1. The van der Waals surface area contributed by atoms with Gasteiger partial charge in [-0.05, 0) is 49.7 Å². The summed E-state index contributed by atoms with van der Waals surface area (Å²) < 4.78 is 0. The first-order chi connectivity index (χ1) is 9.65. The second-order valence-corrected chi connectivity index (χ2v) is 5.50. The van der Waals surface area contributed by atoms with Crippen molar-refractivity contribution in [2.75, 3.05) is 25.0 Å². The fourth-order valence-electron chi connectivity index (χ4n) is 2.31. The van der Waals surface area contributed by atoms with E-state index in [1.807, 2.05) is 17.0 Å². The zero-order valence-corrected chi connectivity index (χ0v) is 12.6. The van der Waals surface area contributed by atoms with Crippen LogP contribution in [-0.2, 0) is 4.79 Å². The number of thiocarbonyl (C=S) groups is 1. The van der Waals surface area contributed by atoms with Gasteiger partial charge in [0, 0.05) is 31.7 Å². The lowest BCUT2D eigenvalue weighted by Crippen LogP contribution is -2.32. The van der Waals surface area contributed by atoms with Crippen LogP contribution in [0.5, 0.6) is 0 Å². The minimum atomic E-state index is 0.283. The van der Waals surface area contributed by atoms with Crippen LogP contribution in [0.2, 0.25) is 0 Å². The Kier molecular flexibility index (Phi) is 5.35. The minimum absolute atomic E-state index is 0.283. The Balaban J connectivity index is 1.64. The number of hydrogen-bond acceptors (Lipinski definition) is 2. The number of anilines is 1. The van der Waals surface area contributed by atoms with E-state index in [1.165, 1.54) is 5.56 Å². The first-order valence-corrected chi connectivity index (χ1v) is 7.45. The molecule has 1 heterocycles. The highest BCUT2D eigenvalue weighted by Crippen LogP contribution is 2.10. The normalized spacial score (nSPS) is 14.4. The third-order valence-electron chi connectivity index (χ3n) is 3.34. The average Bonchev–Trinajstić information content (AvgIpc) is 2.80. The van der Waals surface area contributed by atoms with Crippen molar-refractivity contribution >= 4 is 28.9 Å². The molecule has 1 amide bonds. The van der Waals surface area contributed by atoms with E-state index in [0.29, 0.717) is 11.5 Å². The molecule has 1 fully saturated rings. The van der Waals surface area contributed by atoms with Crippen LogP contribution in [0.25, 0.3) is 0 Å². The molecule has 0 bridgehead atoms. The Morgan fingerprint density at radius 1 is 1.45 bits per heavy atom. The molecule has 1 aromatic rings. The van der Waals surface area contributed by atoms with Crippen molar-refractivity contribution in [1.82, 2.24) is 10.2 Å². The van der Waals surface area contributed by atoms with E-state index in [9.17, 15) is 4.79 Å². The molecule has 2 rings (SSSR count). The van der Waals surface area contributed by atoms with E-state index in [2.05, 4.69) is 29.7 Å². The van der Waals surface area contributed by atoms with Crippen molar-refractivity contribution in [2.24, 2.45) is 0 Å². The zero-order valence-electron chi connectivity index (χ0n) is 11.8. The number of nitrogens with one attached hydrogen (secondary N) is 2. The zero-order chi connectivity index (χ0) is 14.4. The van der Waals surface area contributed by atoms with Crippen LogP contribution in [-0.4, -0.2) is 35.6 Å². The van der Waals surface area contributed by atoms with E-state index in [0.717, 1.165) is 38.2 Å². The summed E-state index contributed by atoms with van der Waals surface area (Å²) in [7, 11) is 0. The van der Waals surface area contributed by atoms with Crippen molar-refractivity contribution in [3.8, 4) is 0 Å². The van der Waals surface area contributed by atoms with Crippen LogP contribution < -0.4 is 10.6 Å². The monoisotopic (exact) mass is 291 g/mol. The van der Waals surface area contributed by atoms with Crippen molar-refractivity contribution < 1.29 is 4.79 Å². The average molecular weight is 291 g/mol. The van der Waals surface area contributed by atoms with Gasteiger partial charge in [-0.15, -0.1) is 0 Å². The van der Waals surface area contributed by atoms with E-state index in [1.54, 1.807) is 0 Å². The van der Waals surface area contributed by atoms with Crippen LogP contribution >= 0.6 is 12.2 Å². The molecule has 4 nitrogen and oxygen atoms in total. The van der Waals surface area contributed by atoms with Gasteiger partial charge in [0.1, 0.15) is 0 Å². The SMILES string of the molecule is Cc1cccc(NC(=S)NCCCN2CCCC2=O)c1. The van der Waals surface area contributed by atoms with Gasteiger partial charge in [-0.3, -0.25) is 4.79 Å². The summed E-state index contributed by atoms with van der Waals surface area (Å²) in [6, 6.07) is 8.09. The standard InChI is InChI=1S/C15H21N3OS/c1-12-5-2-6-13(11-12)17-15(20)16-8-4-10-18-9-3-7-14(18)19/h2,5-6,11H,3-4,7-10H2,1H3,(H2,16,17,20). The molecule has 0 saturated carbocycles. The van der Waals surface area contributed by atoms with Gasteiger partial charge in [0.2, 0.25) is 5.91 Å². The van der Waals surface area contributed by atoms with Crippen LogP contribution in [0.1, 0.15) is 24.8 Å². The second kappa shape index (κ2) is 7.24. The second-order valence-electron chi connectivity index (χ2n) is 5.09. The number of aryl methyl sites for hydroxylation is 1. The third-order valence-corrected chi connectivity index (χ3v) is 3.58. The fourth-order valence-corrected chi connectivity index (χ4v) is 2.53. The molecule has 1 aliphatic heterocycles. The lowest BCUT2D eigenvalue weighted by Gasteiger charge is -2.16. The van der Waals surface area contributed by atoms with Gasteiger partial charge < -0.3 is 15.5 Å². The Morgan fingerprint density at radius 3 is 3.00 bits per heavy atom. The summed E-state index contributed by atoms with van der Waals surface area (Å²) in [4.78, 5) is 13.4. The molecule has 2 N–H and O–H groups in total. The number of likely N-dealkylation sites (tertiary alicyclic amines) is 1. The number of hydrogen-bond donors (Lipinski definition) is 2. The molecule has 0 aliphatic carbocycles. The maximum Gasteiger partial charge on any atom is 0.222 e. The molecular weight excluding hydrogens is 270 g/mol. The molecule has 108 valence electrons. The number of carbonyl (C=O) groups is 1. The van der Waals surface area contributed by atoms with Crippen LogP contribution in [0.3, 0.4) is 0 Å². The molecule has 0 unspecified atom stereocenters. The van der Waals surface area contributed by atoms with Gasteiger partial charge >= 0.3 is 0 Å². The topological polar surface area (TPSA) is 44.4 Å². The third kappa shape index (κ3) is 4.49. The number of carbonyl (C=O) groups excluding carboxylic acids is 1. The van der Waals surface area contributed by atoms with Gasteiger partial charge in [-0.1, -0.05) is 12.1 Å². The Hall–Kier alpha value is -1.62. The summed E-state index contributed by atoms with van der Waals surface area (Å²) >= 11 is 5.25. The van der Waals surface area contributed by atoms with Gasteiger partial charge in [0.05, 0.1) is 0 Å². The van der Waals surface area contributed by atoms with Gasteiger partial charge in [0.25, 0.3) is 0 Å². The van der Waals surface area contributed by atoms with E-state index >= 15 is 0 Å². The smallest absolute Gasteiger partial charge is 0.222 e. The highest BCUT2D eigenvalue weighted by Gasteiger charge is 2.18. The van der Waals surface area contributed by atoms with Gasteiger partial charge in [-0.25, -0.2) is 0 Å². The number of rotatable bonds is 5. The molecule has 1 aromatic carbocycles. The van der Waals surface area contributed by atoms with Crippen molar-refractivity contribution in [3.63, 3.8) is 0 Å². The van der Waals surface area contributed by atoms with Gasteiger partial charge in [0.15, 0.2) is 5.11 Å². The molecular formula is C15H21N3OS. The van der Waals surface area contributed by atoms with Crippen molar-refractivity contribution in [3.05, 3.63) is 29.8 Å². The Morgan fingerprint density at radius 2 is 2.30 bits per heavy atom. The van der Waals surface area contributed by atoms with Crippen molar-refractivity contribution in [2.45, 2.75) is 26.2 Å². The van der Waals surface area contributed by atoms with E-state index in [-0.39, 0.29) is 5.91 Å². The Bertz CT molecular complexity index is 490. The first-order valence-electron chi connectivity index (χ1n) is 7.04. The van der Waals surface area contributed by atoms with Crippen molar-refractivity contribution in [1.29, 1.82) is 0 Å². The minimum Gasteiger partial charge on any atom is -0.362 e. The summed E-state index contributed by atoms with van der Waals surface area (Å²) in [5.74, 6) is 0.283. The van der Waals surface area contributed by atoms with E-state index < -0.39 is 0 Å². The largest absolute Gasteiger partial charge is 0.362 e. The first kappa shape index (κ1) is 14.8. The quantitative estimate of drug-likeness (QED) is 0.645. The molecule has 1 saturated heterocycles. The number of amides is 1. The summed E-state index contributed by atoms with van der Waals surface area (Å²) in [5.41, 5.74) is 2.20. The maximum absolute atomic E-state index is 11.4. The molecule has 20 heavy (non-hydrogen) atoms. The maximum atomic E-state index is 11.4. The predicted octanol–water partition coefficient (Wildman–Crippen LogP) is 2.29. The van der Waals surface area contributed by atoms with Crippen LogP contribution in [0, 0.1) is 6.92 Å². The fraction of sp³-hybridized carbons (Fsp3) is 0.467. The number of benzene rings is 1. The summed E-state index contributed by atoms with van der Waals surface area (Å²) in [5, 5.41) is 6.96. The Labute approximate surface area is 125 Å². The molecule has 0 atom stereocenters. The predicted molar refractivity (Wildman–Crippen MR) is 85.8 cm³/mol. The molecule has 0 spiro atoms. The molecule has 5 heteroatoms. The molecule has 0 aromatic heterocycles. The highest BCUT2D eigenvalue weighted by molar-refractivity contribution is 7.80. The lowest BCUT2D eigenvalue weighted by atomic mass is 10.2. The van der Waals surface area contributed by atoms with Crippen LogP contribution in [0.4, 0.5) is 5.69 Å². The van der Waals surface area contributed by atoms with Crippen LogP contribution in [0.15, 0.2) is 24.3 Å².